The predicted molar refractivity (Wildman–Crippen MR) is 120 cm³/mol. The van der Waals surface area contributed by atoms with Gasteiger partial charge in [0.05, 0.1) is 17.7 Å². The molecule has 3 amide bonds. The van der Waals surface area contributed by atoms with Crippen LogP contribution in [0.25, 0.3) is 10.9 Å². The normalized spacial score (nSPS) is 19.6. The Morgan fingerprint density at radius 3 is 2.67 bits per heavy atom. The predicted octanol–water partition coefficient (Wildman–Crippen LogP) is 1.86. The first kappa shape index (κ1) is 22.3. The van der Waals surface area contributed by atoms with E-state index in [9.17, 15) is 24.9 Å². The standard InChI is InChI=1S/C24H26N6O3/c25-12-16-3-1-5-19-18(16)11-21(29-19)24(33)30-20(9-14-6-7-14)23(32)28-17(13-26)10-15-4-2-8-27-22(15)31/h1,3,5,11,14-15,17,20,29H,2,4,6-10H2,(H,27,31)(H,28,32)(H,30,33)/t15?,17-,20?/m0/s1. The zero-order valence-corrected chi connectivity index (χ0v) is 18.2. The Bertz CT molecular complexity index is 1150. The SMILES string of the molecule is N#Cc1cccc2[nH]c(C(=O)NC(CC3CC3)C(=O)N[C@H](C#N)CC3CCCNC3=O)cc12. The largest absolute Gasteiger partial charge is 0.356 e. The Morgan fingerprint density at radius 2 is 1.97 bits per heavy atom. The fraction of sp³-hybridized carbons (Fsp3) is 0.458. The second kappa shape index (κ2) is 9.74. The Labute approximate surface area is 191 Å². The van der Waals surface area contributed by atoms with Gasteiger partial charge in [0.1, 0.15) is 17.8 Å². The summed E-state index contributed by atoms with van der Waals surface area (Å²) in [6.07, 6.45) is 4.28. The van der Waals surface area contributed by atoms with Crippen LogP contribution >= 0.6 is 0 Å². The van der Waals surface area contributed by atoms with Crippen molar-refractivity contribution in [2.24, 2.45) is 11.8 Å². The van der Waals surface area contributed by atoms with Crippen molar-refractivity contribution >= 4 is 28.6 Å². The molecule has 2 fully saturated rings. The zero-order chi connectivity index (χ0) is 23.4. The van der Waals surface area contributed by atoms with Gasteiger partial charge in [-0.05, 0) is 49.8 Å². The fourth-order valence-corrected chi connectivity index (χ4v) is 4.29. The summed E-state index contributed by atoms with van der Waals surface area (Å²) in [5.41, 5.74) is 1.38. The molecular formula is C24H26N6O3. The molecule has 33 heavy (non-hydrogen) atoms. The number of carbonyl (C=O) groups is 3. The van der Waals surface area contributed by atoms with Crippen LogP contribution in [0.3, 0.4) is 0 Å². The molecule has 170 valence electrons. The Kier molecular flexibility index (Phi) is 6.60. The number of H-pyrrole nitrogens is 1. The van der Waals surface area contributed by atoms with Crippen LogP contribution in [0.5, 0.6) is 0 Å². The number of amides is 3. The molecule has 2 aliphatic rings. The van der Waals surface area contributed by atoms with Gasteiger partial charge in [-0.2, -0.15) is 10.5 Å². The molecule has 2 unspecified atom stereocenters. The van der Waals surface area contributed by atoms with Crippen LogP contribution in [0.1, 0.15) is 54.6 Å². The molecular weight excluding hydrogens is 420 g/mol. The third kappa shape index (κ3) is 5.32. The van der Waals surface area contributed by atoms with Crippen LogP contribution in [-0.2, 0) is 9.59 Å². The number of nitriles is 2. The maximum Gasteiger partial charge on any atom is 0.268 e. The molecule has 2 aromatic rings. The third-order valence-corrected chi connectivity index (χ3v) is 6.31. The molecule has 9 heteroatoms. The fourth-order valence-electron chi connectivity index (χ4n) is 4.29. The van der Waals surface area contributed by atoms with Crippen LogP contribution in [0, 0.1) is 34.5 Å². The van der Waals surface area contributed by atoms with Gasteiger partial charge in [-0.25, -0.2) is 0 Å². The maximum absolute atomic E-state index is 13.0. The topological polar surface area (TPSA) is 151 Å². The summed E-state index contributed by atoms with van der Waals surface area (Å²) in [5.74, 6) is -0.906. The van der Waals surface area contributed by atoms with Crippen molar-refractivity contribution in [1.29, 1.82) is 10.5 Å². The molecule has 0 radical (unpaired) electrons. The summed E-state index contributed by atoms with van der Waals surface area (Å²) in [6, 6.07) is 9.38. The van der Waals surface area contributed by atoms with Crippen LogP contribution in [0.15, 0.2) is 24.3 Å². The van der Waals surface area contributed by atoms with Gasteiger partial charge in [0.25, 0.3) is 5.91 Å². The number of hydrogen-bond donors (Lipinski definition) is 4. The minimum Gasteiger partial charge on any atom is -0.356 e. The van der Waals surface area contributed by atoms with Gasteiger partial charge in [-0.3, -0.25) is 14.4 Å². The van der Waals surface area contributed by atoms with Crippen LogP contribution in [0.4, 0.5) is 0 Å². The van der Waals surface area contributed by atoms with Crippen molar-refractivity contribution in [3.8, 4) is 12.1 Å². The molecule has 2 heterocycles. The summed E-state index contributed by atoms with van der Waals surface area (Å²) >= 11 is 0. The van der Waals surface area contributed by atoms with Crippen molar-refractivity contribution < 1.29 is 14.4 Å². The Hall–Kier alpha value is -3.85. The first-order valence-corrected chi connectivity index (χ1v) is 11.3. The number of carbonyl (C=O) groups excluding carboxylic acids is 3. The van der Waals surface area contributed by atoms with Crippen LogP contribution in [0.2, 0.25) is 0 Å². The Balaban J connectivity index is 1.44. The van der Waals surface area contributed by atoms with Gasteiger partial charge < -0.3 is 20.9 Å². The number of nitrogens with one attached hydrogen (secondary N) is 4. The van der Waals surface area contributed by atoms with E-state index in [1.54, 1.807) is 24.3 Å². The van der Waals surface area contributed by atoms with Gasteiger partial charge >= 0.3 is 0 Å². The first-order valence-electron chi connectivity index (χ1n) is 11.3. The van der Waals surface area contributed by atoms with E-state index < -0.39 is 23.9 Å². The number of nitrogens with zero attached hydrogens (tertiary/aromatic N) is 2. The summed E-state index contributed by atoms with van der Waals surface area (Å²) in [6.45, 7) is 0.637. The minimum atomic E-state index is -0.809. The monoisotopic (exact) mass is 446 g/mol. The van der Waals surface area contributed by atoms with Gasteiger partial charge in [0.15, 0.2) is 0 Å². The van der Waals surface area contributed by atoms with E-state index in [4.69, 9.17) is 0 Å². The minimum absolute atomic E-state index is 0.0888. The number of aromatic amines is 1. The van der Waals surface area contributed by atoms with E-state index in [0.717, 1.165) is 19.3 Å². The molecule has 1 aliphatic carbocycles. The van der Waals surface area contributed by atoms with Crippen molar-refractivity contribution in [2.75, 3.05) is 6.54 Å². The molecule has 4 rings (SSSR count). The molecule has 1 aromatic carbocycles. The summed E-state index contributed by atoms with van der Waals surface area (Å²) in [4.78, 5) is 41.0. The van der Waals surface area contributed by atoms with E-state index in [1.165, 1.54) is 0 Å². The average molecular weight is 447 g/mol. The molecule has 1 saturated carbocycles. The van der Waals surface area contributed by atoms with Gasteiger partial charge in [0, 0.05) is 23.4 Å². The highest BCUT2D eigenvalue weighted by molar-refractivity contribution is 6.01. The highest BCUT2D eigenvalue weighted by atomic mass is 16.2. The van der Waals surface area contributed by atoms with Gasteiger partial charge in [-0.1, -0.05) is 18.9 Å². The van der Waals surface area contributed by atoms with Crippen molar-refractivity contribution in [1.82, 2.24) is 20.9 Å². The van der Waals surface area contributed by atoms with E-state index >= 15 is 0 Å². The van der Waals surface area contributed by atoms with E-state index in [2.05, 4.69) is 33.1 Å². The number of hydrogen-bond acceptors (Lipinski definition) is 5. The lowest BCUT2D eigenvalue weighted by Crippen LogP contribution is -2.50. The quantitative estimate of drug-likeness (QED) is 0.488. The number of aromatic nitrogens is 1. The van der Waals surface area contributed by atoms with E-state index in [-0.39, 0.29) is 23.9 Å². The second-order valence-electron chi connectivity index (χ2n) is 8.82. The average Bonchev–Trinajstić information content (AvgIpc) is 3.53. The smallest absolute Gasteiger partial charge is 0.268 e. The lowest BCUT2D eigenvalue weighted by Gasteiger charge is -2.25. The Morgan fingerprint density at radius 1 is 1.15 bits per heavy atom. The van der Waals surface area contributed by atoms with E-state index in [0.29, 0.717) is 41.8 Å². The second-order valence-corrected chi connectivity index (χ2v) is 8.82. The first-order chi connectivity index (χ1) is 16.0. The number of piperidine rings is 1. The lowest BCUT2D eigenvalue weighted by molar-refractivity contribution is -0.128. The summed E-state index contributed by atoms with van der Waals surface area (Å²) in [5, 5.41) is 27.8. The molecule has 1 aromatic heterocycles. The molecule has 9 nitrogen and oxygen atoms in total. The van der Waals surface area contributed by atoms with Gasteiger partial charge in [-0.15, -0.1) is 0 Å². The summed E-state index contributed by atoms with van der Waals surface area (Å²) < 4.78 is 0. The number of rotatable bonds is 8. The number of fused-ring (bicyclic) bond motifs is 1. The highest BCUT2D eigenvalue weighted by Crippen LogP contribution is 2.33. The van der Waals surface area contributed by atoms with Crippen molar-refractivity contribution in [3.05, 3.63) is 35.5 Å². The molecule has 1 aliphatic heterocycles. The van der Waals surface area contributed by atoms with Crippen molar-refractivity contribution in [3.63, 3.8) is 0 Å². The highest BCUT2D eigenvalue weighted by Gasteiger charge is 2.33. The van der Waals surface area contributed by atoms with Crippen LogP contribution in [-0.4, -0.2) is 41.3 Å². The maximum atomic E-state index is 13.0. The molecule has 4 N–H and O–H groups in total. The number of benzene rings is 1. The van der Waals surface area contributed by atoms with Crippen LogP contribution < -0.4 is 16.0 Å². The zero-order valence-electron chi connectivity index (χ0n) is 18.2. The molecule has 3 atom stereocenters. The van der Waals surface area contributed by atoms with Crippen molar-refractivity contribution in [2.45, 2.75) is 50.6 Å². The van der Waals surface area contributed by atoms with Gasteiger partial charge in [0.2, 0.25) is 11.8 Å². The molecule has 0 bridgehead atoms. The van der Waals surface area contributed by atoms with E-state index in [1.807, 2.05) is 0 Å². The third-order valence-electron chi connectivity index (χ3n) is 6.31. The molecule has 1 saturated heterocycles. The lowest BCUT2D eigenvalue weighted by atomic mass is 9.92. The summed E-state index contributed by atoms with van der Waals surface area (Å²) in [7, 11) is 0. The molecule has 0 spiro atoms.